The first-order chi connectivity index (χ1) is 15.0. The minimum absolute atomic E-state index is 0.0433. The molecule has 0 bridgehead atoms. The predicted octanol–water partition coefficient (Wildman–Crippen LogP) is 4.52. The molecule has 2 aromatic rings. The molecule has 0 saturated carbocycles. The normalized spacial score (nSPS) is 13.1. The van der Waals surface area contributed by atoms with Crippen molar-refractivity contribution >= 4 is 23.5 Å². The van der Waals surface area contributed by atoms with E-state index in [4.69, 9.17) is 4.74 Å². The molecule has 2 amide bonds. The third-order valence-electron chi connectivity index (χ3n) is 4.91. The Kier molecular flexibility index (Phi) is 8.40. The summed E-state index contributed by atoms with van der Waals surface area (Å²) in [6.07, 6.45) is -4.74. The lowest BCUT2D eigenvalue weighted by molar-refractivity contribution is -0.152. The van der Waals surface area contributed by atoms with Crippen molar-refractivity contribution in [3.63, 3.8) is 0 Å². The van der Waals surface area contributed by atoms with Crippen molar-refractivity contribution in [3.05, 3.63) is 65.2 Å². The zero-order valence-corrected chi connectivity index (χ0v) is 18.0. The van der Waals surface area contributed by atoms with Gasteiger partial charge in [-0.2, -0.15) is 13.2 Å². The summed E-state index contributed by atoms with van der Waals surface area (Å²) < 4.78 is 42.8. The van der Waals surface area contributed by atoms with Crippen LogP contribution in [-0.4, -0.2) is 30.4 Å². The van der Waals surface area contributed by atoms with E-state index < -0.39 is 42.2 Å². The number of alkyl halides is 3. The Hall–Kier alpha value is -3.36. The molecule has 0 aliphatic carbocycles. The lowest BCUT2D eigenvalue weighted by atomic mass is 9.97. The number of carbonyl (C=O) groups is 3. The number of amides is 2. The van der Waals surface area contributed by atoms with Crippen molar-refractivity contribution < 1.29 is 32.3 Å². The number of ether oxygens (including phenoxy) is 1. The maximum Gasteiger partial charge on any atom is 0.416 e. The molecule has 2 atom stereocenters. The predicted molar refractivity (Wildman–Crippen MR) is 113 cm³/mol. The van der Waals surface area contributed by atoms with Crippen LogP contribution in [0.3, 0.4) is 0 Å². The molecule has 0 aliphatic rings. The van der Waals surface area contributed by atoms with Crippen LogP contribution in [0.2, 0.25) is 0 Å². The number of hydrogen-bond donors (Lipinski definition) is 2. The minimum atomic E-state index is -4.51. The molecule has 172 valence electrons. The number of hydrogen-bond acceptors (Lipinski definition) is 4. The number of benzene rings is 2. The highest BCUT2D eigenvalue weighted by atomic mass is 19.4. The Bertz CT molecular complexity index is 958. The molecule has 0 spiro atoms. The van der Waals surface area contributed by atoms with E-state index in [1.54, 1.807) is 12.1 Å². The second kappa shape index (κ2) is 10.8. The fourth-order valence-electron chi connectivity index (χ4n) is 2.85. The van der Waals surface area contributed by atoms with Gasteiger partial charge in [0, 0.05) is 11.3 Å². The SMILES string of the molecule is CCC(C)c1ccccc1NC(=O)C(C)OC(=O)CNC(=O)c1ccc(C(F)(F)F)cc1. The third-order valence-corrected chi connectivity index (χ3v) is 4.91. The van der Waals surface area contributed by atoms with Gasteiger partial charge in [-0.05, 0) is 55.2 Å². The van der Waals surface area contributed by atoms with Crippen molar-refractivity contribution in [2.75, 3.05) is 11.9 Å². The van der Waals surface area contributed by atoms with Gasteiger partial charge in [0.2, 0.25) is 0 Å². The zero-order valence-electron chi connectivity index (χ0n) is 18.0. The van der Waals surface area contributed by atoms with Gasteiger partial charge in [-0.15, -0.1) is 0 Å². The molecule has 2 rings (SSSR count). The number of rotatable bonds is 8. The second-order valence-electron chi connectivity index (χ2n) is 7.28. The van der Waals surface area contributed by atoms with Crippen molar-refractivity contribution in [1.29, 1.82) is 0 Å². The Balaban J connectivity index is 1.87. The fourth-order valence-corrected chi connectivity index (χ4v) is 2.85. The van der Waals surface area contributed by atoms with Gasteiger partial charge in [0.05, 0.1) is 5.56 Å². The van der Waals surface area contributed by atoms with Gasteiger partial charge < -0.3 is 15.4 Å². The molecule has 2 aromatic carbocycles. The van der Waals surface area contributed by atoms with E-state index >= 15 is 0 Å². The summed E-state index contributed by atoms with van der Waals surface area (Å²) in [6.45, 7) is 4.93. The Labute approximate surface area is 184 Å². The monoisotopic (exact) mass is 450 g/mol. The van der Waals surface area contributed by atoms with E-state index in [0.29, 0.717) is 5.69 Å². The molecule has 0 aromatic heterocycles. The summed E-state index contributed by atoms with van der Waals surface area (Å²) in [7, 11) is 0. The van der Waals surface area contributed by atoms with E-state index in [1.807, 2.05) is 26.0 Å². The summed E-state index contributed by atoms with van der Waals surface area (Å²) in [5, 5.41) is 5.00. The number of carbonyl (C=O) groups excluding carboxylic acids is 3. The average molecular weight is 450 g/mol. The number of halogens is 3. The van der Waals surface area contributed by atoms with Gasteiger partial charge in [0.25, 0.3) is 11.8 Å². The Morgan fingerprint density at radius 3 is 2.22 bits per heavy atom. The van der Waals surface area contributed by atoms with Crippen LogP contribution in [0.1, 0.15) is 54.6 Å². The van der Waals surface area contributed by atoms with Crippen molar-refractivity contribution in [3.8, 4) is 0 Å². The second-order valence-corrected chi connectivity index (χ2v) is 7.28. The van der Waals surface area contributed by atoms with Gasteiger partial charge in [-0.3, -0.25) is 14.4 Å². The van der Waals surface area contributed by atoms with Crippen LogP contribution in [0.5, 0.6) is 0 Å². The average Bonchev–Trinajstić information content (AvgIpc) is 2.76. The first kappa shape index (κ1) is 24.9. The zero-order chi connectivity index (χ0) is 23.9. The van der Waals surface area contributed by atoms with Crippen LogP contribution in [0.15, 0.2) is 48.5 Å². The topological polar surface area (TPSA) is 84.5 Å². The minimum Gasteiger partial charge on any atom is -0.451 e. The molecule has 32 heavy (non-hydrogen) atoms. The lowest BCUT2D eigenvalue weighted by Crippen LogP contribution is -2.36. The maximum absolute atomic E-state index is 12.6. The van der Waals surface area contributed by atoms with Gasteiger partial charge in [-0.25, -0.2) is 0 Å². The molecule has 0 saturated heterocycles. The van der Waals surface area contributed by atoms with E-state index in [0.717, 1.165) is 36.2 Å². The maximum atomic E-state index is 12.6. The molecule has 2 N–H and O–H groups in total. The number of nitrogens with one attached hydrogen (secondary N) is 2. The van der Waals surface area contributed by atoms with Crippen LogP contribution in [-0.2, 0) is 20.5 Å². The molecule has 0 aliphatic heterocycles. The van der Waals surface area contributed by atoms with E-state index in [2.05, 4.69) is 10.6 Å². The Morgan fingerprint density at radius 2 is 1.62 bits per heavy atom. The Morgan fingerprint density at radius 1 is 1.00 bits per heavy atom. The quantitative estimate of drug-likeness (QED) is 0.580. The molecular formula is C23H25F3N2O4. The molecule has 6 nitrogen and oxygen atoms in total. The van der Waals surface area contributed by atoms with Crippen LogP contribution < -0.4 is 10.6 Å². The number of esters is 1. The van der Waals surface area contributed by atoms with E-state index in [9.17, 15) is 27.6 Å². The summed E-state index contributed by atoms with van der Waals surface area (Å²) in [4.78, 5) is 36.4. The number of anilines is 1. The van der Waals surface area contributed by atoms with Crippen molar-refractivity contribution in [2.45, 2.75) is 45.4 Å². The van der Waals surface area contributed by atoms with Crippen LogP contribution in [0, 0.1) is 0 Å². The highest BCUT2D eigenvalue weighted by molar-refractivity contribution is 5.97. The number of para-hydroxylation sites is 1. The van der Waals surface area contributed by atoms with E-state index in [-0.39, 0.29) is 11.5 Å². The van der Waals surface area contributed by atoms with Crippen LogP contribution >= 0.6 is 0 Å². The summed E-state index contributed by atoms with van der Waals surface area (Å²) in [6, 6.07) is 10.9. The van der Waals surface area contributed by atoms with Crippen molar-refractivity contribution in [2.24, 2.45) is 0 Å². The largest absolute Gasteiger partial charge is 0.451 e. The summed E-state index contributed by atoms with van der Waals surface area (Å²) in [5.41, 5.74) is 0.664. The van der Waals surface area contributed by atoms with Gasteiger partial charge >= 0.3 is 12.1 Å². The van der Waals surface area contributed by atoms with Crippen LogP contribution in [0.4, 0.5) is 18.9 Å². The first-order valence-corrected chi connectivity index (χ1v) is 10.1. The third kappa shape index (κ3) is 6.83. The molecule has 0 radical (unpaired) electrons. The van der Waals surface area contributed by atoms with Crippen LogP contribution in [0.25, 0.3) is 0 Å². The standard InChI is InChI=1S/C23H25F3N2O4/c1-4-14(2)18-7-5-6-8-19(18)28-21(30)15(3)32-20(29)13-27-22(31)16-9-11-17(12-10-16)23(24,25)26/h5-12,14-15H,4,13H2,1-3H3,(H,27,31)(H,28,30). The molecule has 2 unspecified atom stereocenters. The summed E-state index contributed by atoms with van der Waals surface area (Å²) >= 11 is 0. The van der Waals surface area contributed by atoms with Crippen molar-refractivity contribution in [1.82, 2.24) is 5.32 Å². The highest BCUT2D eigenvalue weighted by Crippen LogP contribution is 2.29. The van der Waals surface area contributed by atoms with Gasteiger partial charge in [0.1, 0.15) is 6.54 Å². The van der Waals surface area contributed by atoms with Gasteiger partial charge in [0.15, 0.2) is 6.10 Å². The van der Waals surface area contributed by atoms with Gasteiger partial charge in [-0.1, -0.05) is 32.0 Å². The highest BCUT2D eigenvalue weighted by Gasteiger charge is 2.30. The molecule has 0 fully saturated rings. The molecular weight excluding hydrogens is 425 g/mol. The molecule has 0 heterocycles. The fraction of sp³-hybridized carbons (Fsp3) is 0.348. The smallest absolute Gasteiger partial charge is 0.416 e. The lowest BCUT2D eigenvalue weighted by Gasteiger charge is -2.18. The summed E-state index contributed by atoms with van der Waals surface area (Å²) in [5.74, 6) is -1.90. The first-order valence-electron chi connectivity index (χ1n) is 10.1. The molecule has 9 heteroatoms. The van der Waals surface area contributed by atoms with E-state index in [1.165, 1.54) is 6.92 Å².